The highest BCUT2D eigenvalue weighted by Crippen LogP contribution is 2.23. The van der Waals surface area contributed by atoms with Gasteiger partial charge in [0.2, 0.25) is 0 Å². The van der Waals surface area contributed by atoms with Crippen LogP contribution in [0, 0.1) is 0 Å². The van der Waals surface area contributed by atoms with Crippen LogP contribution in [0.25, 0.3) is 0 Å². The van der Waals surface area contributed by atoms with E-state index < -0.39 is 65.3 Å². The highest BCUT2D eigenvalue weighted by Gasteiger charge is 2.45. The normalized spacial score (nSPS) is 24.7. The fourth-order valence-corrected chi connectivity index (χ4v) is 4.95. The Morgan fingerprint density at radius 2 is 1.41 bits per heavy atom. The number of hydrogen-bond donors (Lipinski definition) is 5. The molecule has 5 unspecified atom stereocenters. The third-order valence-electron chi connectivity index (χ3n) is 6.58. The van der Waals surface area contributed by atoms with Crippen LogP contribution in [0.2, 0.25) is 0 Å². The number of carbonyl (C=O) groups is 1. The van der Waals surface area contributed by atoms with Crippen molar-refractivity contribution in [2.24, 2.45) is 0 Å². The van der Waals surface area contributed by atoms with Crippen molar-refractivity contribution in [2.45, 2.75) is 134 Å². The Morgan fingerprint density at radius 1 is 0.846 bits per heavy atom. The van der Waals surface area contributed by atoms with Gasteiger partial charge in [-0.3, -0.25) is 9.35 Å². The van der Waals surface area contributed by atoms with Crippen molar-refractivity contribution in [3.05, 3.63) is 12.2 Å². The van der Waals surface area contributed by atoms with Crippen molar-refractivity contribution in [3.8, 4) is 0 Å². The van der Waals surface area contributed by atoms with Crippen LogP contribution in [0.1, 0.15) is 96.8 Å². The molecule has 0 saturated carbocycles. The van der Waals surface area contributed by atoms with Crippen molar-refractivity contribution in [1.82, 2.24) is 0 Å². The van der Waals surface area contributed by atoms with E-state index in [1.54, 1.807) is 0 Å². The molecule has 0 radical (unpaired) electrons. The van der Waals surface area contributed by atoms with Gasteiger partial charge in [0.15, 0.2) is 6.29 Å². The predicted molar refractivity (Wildman–Crippen MR) is 145 cm³/mol. The fraction of sp³-hybridized carbons (Fsp3) is 0.889. The number of hydrogen-bond acceptors (Lipinski definition) is 10. The molecule has 0 amide bonds. The Labute approximate surface area is 233 Å². The van der Waals surface area contributed by atoms with Crippen molar-refractivity contribution >= 4 is 16.1 Å². The number of esters is 1. The molecule has 1 rings (SSSR count). The van der Waals surface area contributed by atoms with Gasteiger partial charge in [-0.15, -0.1) is 0 Å². The van der Waals surface area contributed by atoms with Crippen LogP contribution in [-0.2, 0) is 29.1 Å². The molecule has 1 aliphatic heterocycles. The predicted octanol–water partition coefficient (Wildman–Crippen LogP) is 2.64. The fourth-order valence-electron chi connectivity index (χ4n) is 4.25. The van der Waals surface area contributed by atoms with E-state index in [0.717, 1.165) is 38.5 Å². The van der Waals surface area contributed by atoms with Gasteiger partial charge in [-0.2, -0.15) is 8.42 Å². The molecule has 6 atom stereocenters. The standard InChI is InChI=1S/C27H50O11S/c1-2-3-4-5-6-7-8-9-10-11-12-13-14-15-16-17-23(29)36-18-21(28)19-37-27-26(32)25(31)24(30)22(38-27)20-39(33,34)35/h9-10,21-22,24-28,30-32H,2-8,11-20H2,1H3,(H,33,34,35)/b10-9-/t21?,22-,24?,25?,26?,27?/m1/s1. The van der Waals surface area contributed by atoms with Crippen molar-refractivity contribution in [2.75, 3.05) is 19.0 Å². The topological polar surface area (TPSA) is 180 Å². The van der Waals surface area contributed by atoms with E-state index in [-0.39, 0.29) is 13.0 Å². The molecule has 5 N–H and O–H groups in total. The highest BCUT2D eigenvalue weighted by molar-refractivity contribution is 7.85. The number of ether oxygens (including phenoxy) is 3. The second-order valence-corrected chi connectivity index (χ2v) is 11.8. The molecule has 12 heteroatoms. The van der Waals surface area contributed by atoms with Crippen LogP contribution in [0.3, 0.4) is 0 Å². The number of allylic oxidation sites excluding steroid dienone is 2. The molecule has 0 aromatic heterocycles. The first-order chi connectivity index (χ1) is 18.5. The Hall–Kier alpha value is -1.12. The monoisotopic (exact) mass is 582 g/mol. The molecular weight excluding hydrogens is 532 g/mol. The van der Waals surface area contributed by atoms with E-state index in [1.807, 2.05) is 0 Å². The number of unbranched alkanes of at least 4 members (excludes halogenated alkanes) is 11. The maximum Gasteiger partial charge on any atom is 0.305 e. The summed E-state index contributed by atoms with van der Waals surface area (Å²) in [5.41, 5.74) is 0. The molecule has 0 aromatic rings. The summed E-state index contributed by atoms with van der Waals surface area (Å²) in [7, 11) is -4.54. The average molecular weight is 583 g/mol. The minimum atomic E-state index is -4.54. The summed E-state index contributed by atoms with van der Waals surface area (Å²) in [5, 5.41) is 39.7. The molecule has 39 heavy (non-hydrogen) atoms. The Kier molecular flexibility index (Phi) is 19.1. The van der Waals surface area contributed by atoms with Crippen molar-refractivity contribution in [3.63, 3.8) is 0 Å². The zero-order chi connectivity index (χ0) is 29.1. The van der Waals surface area contributed by atoms with Crippen LogP contribution in [0.5, 0.6) is 0 Å². The van der Waals surface area contributed by atoms with Gasteiger partial charge in [-0.25, -0.2) is 0 Å². The smallest absolute Gasteiger partial charge is 0.305 e. The number of carbonyl (C=O) groups excluding carboxylic acids is 1. The maximum atomic E-state index is 11.9. The van der Waals surface area contributed by atoms with Gasteiger partial charge in [-0.1, -0.05) is 70.4 Å². The number of rotatable bonds is 22. The van der Waals surface area contributed by atoms with E-state index in [0.29, 0.717) is 6.42 Å². The summed E-state index contributed by atoms with van der Waals surface area (Å²) < 4.78 is 46.4. The van der Waals surface area contributed by atoms with Crippen LogP contribution >= 0.6 is 0 Å². The molecule has 1 aliphatic rings. The lowest BCUT2D eigenvalue weighted by molar-refractivity contribution is -0.296. The minimum absolute atomic E-state index is 0.234. The molecule has 1 saturated heterocycles. The summed E-state index contributed by atoms with van der Waals surface area (Å²) in [4.78, 5) is 11.9. The zero-order valence-electron chi connectivity index (χ0n) is 23.2. The van der Waals surface area contributed by atoms with Crippen LogP contribution in [0.4, 0.5) is 0 Å². The van der Waals surface area contributed by atoms with Gasteiger partial charge in [0, 0.05) is 6.42 Å². The van der Waals surface area contributed by atoms with E-state index in [4.69, 9.17) is 18.8 Å². The van der Waals surface area contributed by atoms with E-state index in [9.17, 15) is 33.6 Å². The van der Waals surface area contributed by atoms with Gasteiger partial charge >= 0.3 is 5.97 Å². The molecule has 1 heterocycles. The average Bonchev–Trinajstić information content (AvgIpc) is 2.88. The lowest BCUT2D eigenvalue weighted by Gasteiger charge is -2.40. The molecule has 0 aliphatic carbocycles. The quantitative estimate of drug-likeness (QED) is 0.0548. The minimum Gasteiger partial charge on any atom is -0.463 e. The lowest BCUT2D eigenvalue weighted by atomic mass is 10.00. The Morgan fingerprint density at radius 3 is 2.00 bits per heavy atom. The first kappa shape index (κ1) is 35.9. The summed E-state index contributed by atoms with van der Waals surface area (Å²) in [6, 6.07) is 0. The molecule has 0 spiro atoms. The highest BCUT2D eigenvalue weighted by atomic mass is 32.2. The Balaban J connectivity index is 2.08. The summed E-state index contributed by atoms with van der Waals surface area (Å²) >= 11 is 0. The SMILES string of the molecule is CCCCCCCC/C=C\CCCCCCCC(=O)OCC(O)COC1O[C@H](CS(=O)(=O)O)C(O)C(O)C1O. The summed E-state index contributed by atoms with van der Waals surface area (Å²) in [6.45, 7) is 1.42. The third kappa shape index (κ3) is 17.3. The van der Waals surface area contributed by atoms with Gasteiger partial charge in [0.1, 0.15) is 42.9 Å². The molecule has 0 bridgehead atoms. The molecule has 1 fully saturated rings. The summed E-state index contributed by atoms with van der Waals surface area (Å²) in [5.74, 6) is -1.47. The van der Waals surface area contributed by atoms with E-state index >= 15 is 0 Å². The Bertz CT molecular complexity index is 774. The van der Waals surface area contributed by atoms with Crippen molar-refractivity contribution in [1.29, 1.82) is 0 Å². The van der Waals surface area contributed by atoms with Crippen LogP contribution in [-0.4, -0.2) is 95.1 Å². The van der Waals surface area contributed by atoms with E-state index in [1.165, 1.54) is 38.5 Å². The largest absolute Gasteiger partial charge is 0.463 e. The molecule has 11 nitrogen and oxygen atoms in total. The first-order valence-corrected chi connectivity index (χ1v) is 15.9. The van der Waals surface area contributed by atoms with Gasteiger partial charge in [0.25, 0.3) is 10.1 Å². The van der Waals surface area contributed by atoms with Crippen LogP contribution in [0.15, 0.2) is 12.2 Å². The number of aliphatic hydroxyl groups excluding tert-OH is 4. The zero-order valence-corrected chi connectivity index (χ0v) is 24.0. The first-order valence-electron chi connectivity index (χ1n) is 14.3. The van der Waals surface area contributed by atoms with Crippen molar-refractivity contribution < 1.29 is 52.4 Å². The molecule has 230 valence electrons. The maximum absolute atomic E-state index is 11.9. The van der Waals surface area contributed by atoms with Crippen LogP contribution < -0.4 is 0 Å². The molecular formula is C27H50O11S. The van der Waals surface area contributed by atoms with Gasteiger partial charge in [-0.05, 0) is 32.1 Å². The summed E-state index contributed by atoms with van der Waals surface area (Å²) in [6.07, 6.45) is 10.1. The molecule has 0 aromatic carbocycles. The van der Waals surface area contributed by atoms with E-state index in [2.05, 4.69) is 19.1 Å². The number of aliphatic hydroxyl groups is 4. The second-order valence-electron chi connectivity index (χ2n) is 10.3. The third-order valence-corrected chi connectivity index (χ3v) is 7.33. The van der Waals surface area contributed by atoms with Gasteiger partial charge < -0.3 is 34.6 Å². The second kappa shape index (κ2) is 20.7. The van der Waals surface area contributed by atoms with Gasteiger partial charge in [0.05, 0.1) is 6.61 Å². The lowest BCUT2D eigenvalue weighted by Crippen LogP contribution is -2.60.